The molecule has 0 aromatic carbocycles. The molecule has 2 N–H and O–H groups in total. The Morgan fingerprint density at radius 3 is 2.71 bits per heavy atom. The van der Waals surface area contributed by atoms with Crippen molar-refractivity contribution < 1.29 is 31.1 Å². The van der Waals surface area contributed by atoms with E-state index in [0.717, 1.165) is 18.5 Å². The van der Waals surface area contributed by atoms with Crippen molar-refractivity contribution in [3.63, 3.8) is 0 Å². The maximum atomic E-state index is 14.8. The van der Waals surface area contributed by atoms with Gasteiger partial charge in [-0.2, -0.15) is 13.2 Å². The third-order valence-corrected chi connectivity index (χ3v) is 5.69. The number of aromatic amines is 1. The molecule has 3 heterocycles. The summed E-state index contributed by atoms with van der Waals surface area (Å²) in [4.78, 5) is 33.8. The van der Waals surface area contributed by atoms with Crippen molar-refractivity contribution in [1.29, 1.82) is 0 Å². The first kappa shape index (κ1) is 26.0. The van der Waals surface area contributed by atoms with Gasteiger partial charge in [-0.3, -0.25) is 14.5 Å². The summed E-state index contributed by atoms with van der Waals surface area (Å²) < 4.78 is 82.6. The number of hydrogen-bond donors (Lipinski definition) is 2. The van der Waals surface area contributed by atoms with Crippen LogP contribution in [0.25, 0.3) is 10.4 Å². The van der Waals surface area contributed by atoms with E-state index >= 15 is 0 Å². The zero-order valence-electron chi connectivity index (χ0n) is 18.1. The number of halogens is 6. The third-order valence-electron chi connectivity index (χ3n) is 5.69. The Balaban J connectivity index is 1.87. The molecule has 0 radical (unpaired) electrons. The summed E-state index contributed by atoms with van der Waals surface area (Å²) in [6.45, 7) is 0.816. The van der Waals surface area contributed by atoms with Crippen molar-refractivity contribution in [3.8, 4) is 0 Å². The van der Waals surface area contributed by atoms with Gasteiger partial charge in [-0.25, -0.2) is 18.2 Å². The van der Waals surface area contributed by atoms with Crippen LogP contribution in [0.5, 0.6) is 0 Å². The van der Waals surface area contributed by atoms with E-state index in [9.17, 15) is 35.9 Å². The van der Waals surface area contributed by atoms with Crippen LogP contribution in [0.2, 0.25) is 0 Å². The van der Waals surface area contributed by atoms with E-state index in [1.54, 1.807) is 0 Å². The first-order valence-corrected chi connectivity index (χ1v) is 10.2. The van der Waals surface area contributed by atoms with E-state index in [1.807, 2.05) is 4.98 Å². The number of rotatable bonds is 6. The van der Waals surface area contributed by atoms with Gasteiger partial charge in [0, 0.05) is 36.2 Å². The number of piperidine rings is 1. The second-order valence-electron chi connectivity index (χ2n) is 7.95. The largest absolute Gasteiger partial charge is 0.401 e. The number of hydrogen-bond acceptors (Lipinski definition) is 5. The number of pyridine rings is 2. The number of H-pyrrole nitrogens is 1. The SMILES string of the molecule is C[C@@H](C(=O)Nc1ccc(F)cn1)N1CCC(F)(F)C(c2c[nH]c(=O)c(C(N=[N+]=[N-])C(F)(F)F)c2)C1. The summed E-state index contributed by atoms with van der Waals surface area (Å²) in [6, 6.07) is -0.869. The average Bonchev–Trinajstić information content (AvgIpc) is 2.78. The average molecular weight is 503 g/mol. The molecule has 1 saturated heterocycles. The van der Waals surface area contributed by atoms with Crippen LogP contribution in [-0.4, -0.2) is 52.0 Å². The lowest BCUT2D eigenvalue weighted by molar-refractivity contribution is -0.149. The normalized spacial score (nSPS) is 19.9. The van der Waals surface area contributed by atoms with E-state index in [0.29, 0.717) is 6.07 Å². The zero-order valence-corrected chi connectivity index (χ0v) is 18.1. The molecule has 9 nitrogen and oxygen atoms in total. The molecule has 0 aliphatic carbocycles. The number of anilines is 1. The molecular weight excluding hydrogens is 484 g/mol. The minimum atomic E-state index is -5.13. The van der Waals surface area contributed by atoms with Crippen molar-refractivity contribution in [3.05, 3.63) is 68.3 Å². The number of azide groups is 1. The highest BCUT2D eigenvalue weighted by Crippen LogP contribution is 2.42. The molecule has 0 bridgehead atoms. The Morgan fingerprint density at radius 2 is 2.11 bits per heavy atom. The Bertz CT molecular complexity index is 1180. The number of aromatic nitrogens is 2. The van der Waals surface area contributed by atoms with E-state index < -0.39 is 65.9 Å². The number of nitrogens with one attached hydrogen (secondary N) is 2. The van der Waals surface area contributed by atoms with Crippen LogP contribution in [0.3, 0.4) is 0 Å². The van der Waals surface area contributed by atoms with Gasteiger partial charge in [0.05, 0.1) is 18.2 Å². The summed E-state index contributed by atoms with van der Waals surface area (Å²) in [6.07, 6.45) is -4.07. The van der Waals surface area contributed by atoms with E-state index in [2.05, 4.69) is 20.3 Å². The highest BCUT2D eigenvalue weighted by atomic mass is 19.4. The molecule has 0 spiro atoms. The van der Waals surface area contributed by atoms with Gasteiger partial charge >= 0.3 is 6.18 Å². The molecule has 3 rings (SSSR count). The summed E-state index contributed by atoms with van der Waals surface area (Å²) in [7, 11) is 0. The Labute approximate surface area is 193 Å². The molecule has 35 heavy (non-hydrogen) atoms. The van der Waals surface area contributed by atoms with Gasteiger partial charge in [0.25, 0.3) is 11.5 Å². The molecule has 3 atom stereocenters. The van der Waals surface area contributed by atoms with Gasteiger partial charge in [-0.1, -0.05) is 5.11 Å². The van der Waals surface area contributed by atoms with Crippen molar-refractivity contribution in [2.45, 2.75) is 43.4 Å². The molecule has 2 aromatic rings. The minimum Gasteiger partial charge on any atom is -0.329 e. The number of alkyl halides is 5. The van der Waals surface area contributed by atoms with Crippen molar-refractivity contribution in [2.24, 2.45) is 5.11 Å². The minimum absolute atomic E-state index is 0.0451. The molecule has 15 heteroatoms. The molecule has 2 aromatic heterocycles. The number of nitrogens with zero attached hydrogens (tertiary/aromatic N) is 5. The Kier molecular flexibility index (Phi) is 7.41. The standard InChI is InChI=1S/C20H19F6N7O2/c1-10(17(34)30-15-3-2-12(21)8-28-15)33-5-4-19(22,23)14(9-33)11-6-13(18(35)29-7-11)16(31-32-27)20(24,25)26/h2-3,6-8,10,14,16H,4-5,9H2,1H3,(H,29,35)(H,28,30,34)/t10-,14?,16?/m0/s1. The first-order chi connectivity index (χ1) is 16.3. The van der Waals surface area contributed by atoms with Crippen LogP contribution < -0.4 is 10.9 Å². The van der Waals surface area contributed by atoms with Crippen molar-refractivity contribution in [2.75, 3.05) is 18.4 Å². The van der Waals surface area contributed by atoms with Crippen molar-refractivity contribution >= 4 is 11.7 Å². The quantitative estimate of drug-likeness (QED) is 0.264. The lowest BCUT2D eigenvalue weighted by atomic mass is 9.86. The van der Waals surface area contributed by atoms with Crippen LogP contribution in [0.1, 0.15) is 36.4 Å². The maximum Gasteiger partial charge on any atom is 0.401 e. The maximum absolute atomic E-state index is 14.8. The molecule has 1 amide bonds. The molecule has 188 valence electrons. The van der Waals surface area contributed by atoms with Crippen LogP contribution in [0, 0.1) is 5.82 Å². The smallest absolute Gasteiger partial charge is 0.329 e. The number of likely N-dealkylation sites (tertiary alicyclic amines) is 1. The van der Waals surface area contributed by atoms with E-state index in [1.165, 1.54) is 17.9 Å². The van der Waals surface area contributed by atoms with Gasteiger partial charge in [0.1, 0.15) is 11.6 Å². The first-order valence-electron chi connectivity index (χ1n) is 10.2. The fourth-order valence-corrected chi connectivity index (χ4v) is 3.75. The lowest BCUT2D eigenvalue weighted by Crippen LogP contribution is -2.52. The fraction of sp³-hybridized carbons (Fsp3) is 0.450. The molecule has 0 saturated carbocycles. The highest BCUT2D eigenvalue weighted by molar-refractivity contribution is 5.93. The highest BCUT2D eigenvalue weighted by Gasteiger charge is 2.47. The van der Waals surface area contributed by atoms with Crippen LogP contribution in [0.15, 0.2) is 40.5 Å². The van der Waals surface area contributed by atoms with E-state index in [4.69, 9.17) is 5.53 Å². The summed E-state index contributed by atoms with van der Waals surface area (Å²) in [5, 5.41) is 5.05. The van der Waals surface area contributed by atoms with Crippen molar-refractivity contribution in [1.82, 2.24) is 14.9 Å². The summed E-state index contributed by atoms with van der Waals surface area (Å²) in [5.74, 6) is -6.23. The molecule has 1 aliphatic heterocycles. The zero-order chi connectivity index (χ0) is 26.0. The monoisotopic (exact) mass is 503 g/mol. The second-order valence-corrected chi connectivity index (χ2v) is 7.95. The van der Waals surface area contributed by atoms with Gasteiger partial charge < -0.3 is 10.3 Å². The second kappa shape index (κ2) is 9.96. The number of amides is 1. The Morgan fingerprint density at radius 1 is 1.40 bits per heavy atom. The summed E-state index contributed by atoms with van der Waals surface area (Å²) >= 11 is 0. The fourth-order valence-electron chi connectivity index (χ4n) is 3.75. The molecule has 2 unspecified atom stereocenters. The van der Waals surface area contributed by atoms with Gasteiger partial charge in [-0.05, 0) is 36.2 Å². The van der Waals surface area contributed by atoms with Gasteiger partial charge in [0.2, 0.25) is 5.91 Å². The lowest BCUT2D eigenvalue weighted by Gasteiger charge is -2.40. The van der Waals surface area contributed by atoms with Crippen LogP contribution in [-0.2, 0) is 4.79 Å². The molecule has 1 fully saturated rings. The summed E-state index contributed by atoms with van der Waals surface area (Å²) in [5.41, 5.74) is 5.91. The van der Waals surface area contributed by atoms with E-state index in [-0.39, 0.29) is 17.9 Å². The van der Waals surface area contributed by atoms with Gasteiger partial charge in [0.15, 0.2) is 6.04 Å². The third kappa shape index (κ3) is 5.92. The predicted molar refractivity (Wildman–Crippen MR) is 111 cm³/mol. The van der Waals surface area contributed by atoms with Gasteiger partial charge in [-0.15, -0.1) is 0 Å². The van der Waals surface area contributed by atoms with Crippen LogP contribution >= 0.6 is 0 Å². The predicted octanol–water partition coefficient (Wildman–Crippen LogP) is 4.27. The number of carbonyl (C=O) groups is 1. The topological polar surface area (TPSA) is 127 Å². The Hall–Kier alpha value is -3.58. The van der Waals surface area contributed by atoms with Crippen LogP contribution in [0.4, 0.5) is 32.2 Å². The molecular formula is C20H19F6N7O2. The number of carbonyl (C=O) groups excluding carboxylic acids is 1. The molecule has 1 aliphatic rings.